The lowest BCUT2D eigenvalue weighted by Crippen LogP contribution is -2.33. The maximum absolute atomic E-state index is 12.1. The van der Waals surface area contributed by atoms with Crippen molar-refractivity contribution in [1.29, 1.82) is 0 Å². The maximum atomic E-state index is 12.1. The summed E-state index contributed by atoms with van der Waals surface area (Å²) in [5.74, 6) is 0.0508. The third kappa shape index (κ3) is 5.20. The molecule has 0 saturated heterocycles. The first kappa shape index (κ1) is 19.2. The molecule has 7 heteroatoms. The smallest absolute Gasteiger partial charge is 0.269 e. The van der Waals surface area contributed by atoms with Gasteiger partial charge in [-0.05, 0) is 42.8 Å². The first-order chi connectivity index (χ1) is 13.5. The molecule has 3 aromatic rings. The number of aryl methyl sites for hydroxylation is 2. The average Bonchev–Trinajstić information content (AvgIpc) is 3.04. The Labute approximate surface area is 163 Å². The number of hydrogen-bond acceptors (Lipinski definition) is 4. The minimum atomic E-state index is -0.345. The Balaban J connectivity index is 1.46. The fourth-order valence-electron chi connectivity index (χ4n) is 2.65. The van der Waals surface area contributed by atoms with E-state index < -0.39 is 0 Å². The fraction of sp³-hybridized carbons (Fsp3) is 0.190. The van der Waals surface area contributed by atoms with Crippen molar-refractivity contribution in [3.8, 4) is 5.75 Å². The Morgan fingerprint density at radius 1 is 1.07 bits per heavy atom. The van der Waals surface area contributed by atoms with E-state index in [4.69, 9.17) is 4.74 Å². The zero-order chi connectivity index (χ0) is 19.9. The molecule has 0 atom stereocenters. The van der Waals surface area contributed by atoms with E-state index in [2.05, 4.69) is 15.7 Å². The van der Waals surface area contributed by atoms with Gasteiger partial charge in [-0.15, -0.1) is 0 Å². The van der Waals surface area contributed by atoms with Gasteiger partial charge in [0.05, 0.1) is 12.2 Å². The molecule has 0 radical (unpaired) electrons. The first-order valence-corrected chi connectivity index (χ1v) is 8.87. The van der Waals surface area contributed by atoms with Crippen LogP contribution >= 0.6 is 0 Å². The van der Waals surface area contributed by atoms with Crippen LogP contribution in [0.4, 0.5) is 5.69 Å². The highest BCUT2D eigenvalue weighted by molar-refractivity contribution is 5.98. The number of benzene rings is 2. The Hall–Kier alpha value is -3.61. The second-order valence-corrected chi connectivity index (χ2v) is 6.32. The van der Waals surface area contributed by atoms with Crippen molar-refractivity contribution in [3.63, 3.8) is 0 Å². The van der Waals surface area contributed by atoms with Crippen LogP contribution in [0.3, 0.4) is 0 Å². The highest BCUT2D eigenvalue weighted by Gasteiger charge is 2.13. The molecule has 0 bridgehead atoms. The van der Waals surface area contributed by atoms with E-state index in [1.54, 1.807) is 44.3 Å². The monoisotopic (exact) mass is 378 g/mol. The van der Waals surface area contributed by atoms with Crippen molar-refractivity contribution in [1.82, 2.24) is 15.1 Å². The van der Waals surface area contributed by atoms with Gasteiger partial charge < -0.3 is 15.4 Å². The van der Waals surface area contributed by atoms with Crippen molar-refractivity contribution in [2.45, 2.75) is 13.5 Å². The van der Waals surface area contributed by atoms with E-state index >= 15 is 0 Å². The number of carbonyl (C=O) groups is 2. The highest BCUT2D eigenvalue weighted by Crippen LogP contribution is 2.17. The first-order valence-electron chi connectivity index (χ1n) is 8.87. The van der Waals surface area contributed by atoms with Gasteiger partial charge in [-0.2, -0.15) is 5.10 Å². The molecule has 2 aromatic carbocycles. The topological polar surface area (TPSA) is 85.3 Å². The summed E-state index contributed by atoms with van der Waals surface area (Å²) < 4.78 is 7.20. The van der Waals surface area contributed by atoms with Crippen LogP contribution in [-0.2, 0) is 18.4 Å². The Morgan fingerprint density at radius 2 is 1.79 bits per heavy atom. The molecule has 2 N–H and O–H groups in total. The molecule has 0 aliphatic heterocycles. The Kier molecular flexibility index (Phi) is 6.06. The van der Waals surface area contributed by atoms with Crippen LogP contribution in [-0.4, -0.2) is 28.1 Å². The van der Waals surface area contributed by atoms with Crippen LogP contribution in [0, 0.1) is 6.92 Å². The third-order valence-corrected chi connectivity index (χ3v) is 4.03. The van der Waals surface area contributed by atoms with Crippen LogP contribution in [0.1, 0.15) is 21.7 Å². The lowest BCUT2D eigenvalue weighted by molar-refractivity contribution is -0.115. The number of carbonyl (C=O) groups excluding carboxylic acids is 2. The summed E-state index contributed by atoms with van der Waals surface area (Å²) in [4.78, 5) is 24.2. The van der Waals surface area contributed by atoms with Crippen molar-refractivity contribution in [3.05, 3.63) is 77.6 Å². The van der Waals surface area contributed by atoms with E-state index in [0.717, 1.165) is 11.3 Å². The summed E-state index contributed by atoms with van der Waals surface area (Å²) in [6, 6.07) is 18.6. The molecular weight excluding hydrogens is 356 g/mol. The number of rotatable bonds is 7. The quantitative estimate of drug-likeness (QED) is 0.662. The molecule has 1 heterocycles. The molecule has 0 aliphatic rings. The van der Waals surface area contributed by atoms with Gasteiger partial charge in [0.2, 0.25) is 5.91 Å². The number of aromatic nitrogens is 2. The van der Waals surface area contributed by atoms with Crippen LogP contribution in [0.5, 0.6) is 5.75 Å². The number of hydrogen-bond donors (Lipinski definition) is 2. The fourth-order valence-corrected chi connectivity index (χ4v) is 2.65. The predicted molar refractivity (Wildman–Crippen MR) is 106 cm³/mol. The van der Waals surface area contributed by atoms with E-state index in [1.807, 2.05) is 30.3 Å². The maximum Gasteiger partial charge on any atom is 0.269 e. The van der Waals surface area contributed by atoms with Gasteiger partial charge in [-0.25, -0.2) is 0 Å². The standard InChI is InChI=1S/C21H22N4O3/c1-15-12-19(25(2)24-15)21(27)22-13-20(26)23-17-8-10-18(11-9-17)28-14-16-6-4-3-5-7-16/h3-12H,13-14H2,1-2H3,(H,22,27)(H,23,26). The molecule has 0 spiro atoms. The van der Waals surface area contributed by atoms with E-state index in [-0.39, 0.29) is 18.4 Å². The highest BCUT2D eigenvalue weighted by atomic mass is 16.5. The van der Waals surface area contributed by atoms with Crippen molar-refractivity contribution < 1.29 is 14.3 Å². The lowest BCUT2D eigenvalue weighted by atomic mass is 10.2. The molecule has 2 amide bonds. The minimum absolute atomic E-state index is 0.130. The minimum Gasteiger partial charge on any atom is -0.489 e. The molecular formula is C21H22N4O3. The van der Waals surface area contributed by atoms with Gasteiger partial charge >= 0.3 is 0 Å². The molecule has 0 fully saturated rings. The molecule has 28 heavy (non-hydrogen) atoms. The molecule has 0 aliphatic carbocycles. The summed E-state index contributed by atoms with van der Waals surface area (Å²) in [6.07, 6.45) is 0. The number of amides is 2. The van der Waals surface area contributed by atoms with Crippen LogP contribution in [0.15, 0.2) is 60.7 Å². The van der Waals surface area contributed by atoms with Crippen molar-refractivity contribution in [2.24, 2.45) is 7.05 Å². The van der Waals surface area contributed by atoms with Gasteiger partial charge in [0, 0.05) is 12.7 Å². The Morgan fingerprint density at radius 3 is 2.43 bits per heavy atom. The van der Waals surface area contributed by atoms with Gasteiger partial charge in [0.1, 0.15) is 18.1 Å². The van der Waals surface area contributed by atoms with Gasteiger partial charge in [0.15, 0.2) is 0 Å². The summed E-state index contributed by atoms with van der Waals surface area (Å²) in [5, 5.41) is 9.44. The van der Waals surface area contributed by atoms with Gasteiger partial charge in [-0.3, -0.25) is 14.3 Å². The largest absolute Gasteiger partial charge is 0.489 e. The van der Waals surface area contributed by atoms with Gasteiger partial charge in [-0.1, -0.05) is 30.3 Å². The molecule has 0 unspecified atom stereocenters. The van der Waals surface area contributed by atoms with Gasteiger partial charge in [0.25, 0.3) is 5.91 Å². The van der Waals surface area contributed by atoms with Crippen molar-refractivity contribution >= 4 is 17.5 Å². The average molecular weight is 378 g/mol. The second-order valence-electron chi connectivity index (χ2n) is 6.32. The van der Waals surface area contributed by atoms with Crippen molar-refractivity contribution in [2.75, 3.05) is 11.9 Å². The summed E-state index contributed by atoms with van der Waals surface area (Å²) in [7, 11) is 1.68. The Bertz CT molecular complexity index is 950. The summed E-state index contributed by atoms with van der Waals surface area (Å²) in [5.41, 5.74) is 2.86. The number of nitrogens with zero attached hydrogens (tertiary/aromatic N) is 2. The van der Waals surface area contributed by atoms with E-state index in [9.17, 15) is 9.59 Å². The molecule has 3 rings (SSSR count). The number of nitrogens with one attached hydrogen (secondary N) is 2. The SMILES string of the molecule is Cc1cc(C(=O)NCC(=O)Nc2ccc(OCc3ccccc3)cc2)n(C)n1. The lowest BCUT2D eigenvalue weighted by Gasteiger charge is -2.09. The number of ether oxygens (including phenoxy) is 1. The normalized spacial score (nSPS) is 10.4. The van der Waals surface area contributed by atoms with E-state index in [1.165, 1.54) is 4.68 Å². The van der Waals surface area contributed by atoms with Crippen LogP contribution in [0.2, 0.25) is 0 Å². The second kappa shape index (κ2) is 8.85. The third-order valence-electron chi connectivity index (χ3n) is 4.03. The zero-order valence-electron chi connectivity index (χ0n) is 15.8. The number of anilines is 1. The zero-order valence-corrected chi connectivity index (χ0v) is 15.8. The molecule has 144 valence electrons. The summed E-state index contributed by atoms with van der Waals surface area (Å²) >= 11 is 0. The predicted octanol–water partition coefficient (Wildman–Crippen LogP) is 2.68. The molecule has 0 saturated carbocycles. The summed E-state index contributed by atoms with van der Waals surface area (Å²) in [6.45, 7) is 2.15. The van der Waals surface area contributed by atoms with Crippen LogP contribution in [0.25, 0.3) is 0 Å². The van der Waals surface area contributed by atoms with E-state index in [0.29, 0.717) is 23.7 Å². The van der Waals surface area contributed by atoms with Crippen LogP contribution < -0.4 is 15.4 Å². The molecule has 7 nitrogen and oxygen atoms in total. The molecule has 1 aromatic heterocycles.